The van der Waals surface area contributed by atoms with E-state index in [9.17, 15) is 14.4 Å². The van der Waals surface area contributed by atoms with Gasteiger partial charge in [0.05, 0.1) is 36.2 Å². The normalized spacial score (nSPS) is 19.6. The Morgan fingerprint density at radius 1 is 1.00 bits per heavy atom. The van der Waals surface area contributed by atoms with Crippen LogP contribution in [0.4, 0.5) is 5.69 Å². The number of fused-ring (bicyclic) bond motifs is 2. The second kappa shape index (κ2) is 11.6. The van der Waals surface area contributed by atoms with Crippen molar-refractivity contribution in [3.63, 3.8) is 0 Å². The molecule has 3 fully saturated rings. The molecule has 2 aromatic heterocycles. The van der Waals surface area contributed by atoms with E-state index >= 15 is 0 Å². The number of nitrogens with zero attached hydrogens (tertiary/aromatic N) is 5. The predicted molar refractivity (Wildman–Crippen MR) is 178 cm³/mol. The van der Waals surface area contributed by atoms with Crippen molar-refractivity contribution in [3.8, 4) is 16.9 Å². The van der Waals surface area contributed by atoms with Crippen LogP contribution in [0, 0.1) is 5.92 Å². The Labute approximate surface area is 274 Å². The first kappa shape index (κ1) is 29.8. The maximum atomic E-state index is 14.1. The maximum Gasteiger partial charge on any atom is 0.309 e. The third kappa shape index (κ3) is 5.47. The average molecular weight is 636 g/mol. The Kier molecular flexibility index (Phi) is 7.33. The van der Waals surface area contributed by atoms with E-state index < -0.39 is 5.60 Å². The molecule has 10 nitrogen and oxygen atoms in total. The third-order valence-electron chi connectivity index (χ3n) is 10.5. The summed E-state index contributed by atoms with van der Waals surface area (Å²) in [5.41, 5.74) is 4.75. The van der Waals surface area contributed by atoms with Crippen LogP contribution in [-0.4, -0.2) is 75.3 Å². The Bertz CT molecular complexity index is 1870. The van der Waals surface area contributed by atoms with Gasteiger partial charge in [0.1, 0.15) is 11.4 Å². The van der Waals surface area contributed by atoms with Crippen LogP contribution in [0.15, 0.2) is 55.0 Å². The summed E-state index contributed by atoms with van der Waals surface area (Å²) >= 11 is 0. The number of carbonyl (C=O) groups is 3. The highest BCUT2D eigenvalue weighted by Gasteiger charge is 2.44. The molecule has 2 saturated heterocycles. The zero-order chi connectivity index (χ0) is 32.3. The van der Waals surface area contributed by atoms with E-state index in [0.29, 0.717) is 61.9 Å². The van der Waals surface area contributed by atoms with Crippen molar-refractivity contribution in [3.05, 3.63) is 66.1 Å². The number of benzene rings is 2. The van der Waals surface area contributed by atoms with Crippen LogP contribution in [0.2, 0.25) is 0 Å². The lowest BCUT2D eigenvalue weighted by Crippen LogP contribution is -2.52. The summed E-state index contributed by atoms with van der Waals surface area (Å²) in [4.78, 5) is 44.2. The first-order chi connectivity index (χ1) is 22.8. The van der Waals surface area contributed by atoms with Crippen LogP contribution in [0.25, 0.3) is 22.0 Å². The molecule has 2 aromatic carbocycles. The molecule has 1 aliphatic carbocycles. The number of amides is 1. The Balaban J connectivity index is 1.00. The minimum atomic E-state index is -0.601. The number of aryl methyl sites for hydroxylation is 1. The molecule has 244 valence electrons. The summed E-state index contributed by atoms with van der Waals surface area (Å²) < 4.78 is 15.9. The van der Waals surface area contributed by atoms with Crippen molar-refractivity contribution in [2.24, 2.45) is 13.0 Å². The molecule has 0 radical (unpaired) electrons. The van der Waals surface area contributed by atoms with Gasteiger partial charge >= 0.3 is 5.97 Å². The lowest BCUT2D eigenvalue weighted by Gasteiger charge is -2.44. The summed E-state index contributed by atoms with van der Waals surface area (Å²) in [6, 6.07) is 12.6. The van der Waals surface area contributed by atoms with Crippen molar-refractivity contribution >= 4 is 34.3 Å². The molecule has 4 aliphatic rings. The minimum absolute atomic E-state index is 0.0107. The first-order valence-electron chi connectivity index (χ1n) is 17.0. The Hall–Kier alpha value is -4.60. The van der Waals surface area contributed by atoms with Gasteiger partial charge in [-0.25, -0.2) is 0 Å². The summed E-state index contributed by atoms with van der Waals surface area (Å²) in [6.45, 7) is 4.79. The van der Waals surface area contributed by atoms with Gasteiger partial charge < -0.3 is 23.8 Å². The number of hydrogen-bond acceptors (Lipinski definition) is 7. The lowest BCUT2D eigenvalue weighted by atomic mass is 9.82. The van der Waals surface area contributed by atoms with Crippen LogP contribution < -0.4 is 9.64 Å². The summed E-state index contributed by atoms with van der Waals surface area (Å²) in [6.07, 6.45) is 11.2. The van der Waals surface area contributed by atoms with Crippen molar-refractivity contribution in [1.29, 1.82) is 0 Å². The van der Waals surface area contributed by atoms with Gasteiger partial charge in [-0.2, -0.15) is 5.10 Å². The number of esters is 1. The summed E-state index contributed by atoms with van der Waals surface area (Å²) in [5, 5.41) is 5.41. The number of rotatable bonds is 6. The molecule has 10 heteroatoms. The standard InChI is InChI=1S/C37H41N5O5/c1-3-46-36(45)24-8-13-40(14-9-24)31-19-26(20-32-29(31)10-15-42(32)28-5-6-28)35(44)41-16-11-37(12-17-41)21-33(43)30-18-25(4-7-34(30)47-37)27-22-38-39(2)23-27/h4,7,10,15,18-20,22-24,28H,3,5-6,8-9,11-14,16-17,21H2,1-2H3. The van der Waals surface area contributed by atoms with E-state index in [-0.39, 0.29) is 23.6 Å². The van der Waals surface area contributed by atoms with Crippen LogP contribution >= 0.6 is 0 Å². The Morgan fingerprint density at radius 2 is 1.79 bits per heavy atom. The monoisotopic (exact) mass is 635 g/mol. The molecule has 3 aliphatic heterocycles. The molecule has 5 heterocycles. The topological polar surface area (TPSA) is 98.9 Å². The SMILES string of the molecule is CCOC(=O)C1CCN(c2cc(C(=O)N3CCC4(CC3)CC(=O)c3cc(-c5cnn(C)c5)ccc3O4)cc3c2ccn3C2CC2)CC1. The highest BCUT2D eigenvalue weighted by molar-refractivity contribution is 6.04. The van der Waals surface area contributed by atoms with E-state index in [4.69, 9.17) is 9.47 Å². The molecule has 0 unspecified atom stereocenters. The maximum absolute atomic E-state index is 14.1. The van der Waals surface area contributed by atoms with Crippen LogP contribution in [0.5, 0.6) is 5.75 Å². The Morgan fingerprint density at radius 3 is 2.49 bits per heavy atom. The van der Waals surface area contributed by atoms with Gasteiger partial charge in [0, 0.05) is 86.7 Å². The first-order valence-corrected chi connectivity index (χ1v) is 17.0. The lowest BCUT2D eigenvalue weighted by molar-refractivity contribution is -0.148. The molecule has 1 saturated carbocycles. The van der Waals surface area contributed by atoms with Gasteiger partial charge in [0.25, 0.3) is 5.91 Å². The van der Waals surface area contributed by atoms with Crippen LogP contribution in [-0.2, 0) is 16.6 Å². The fourth-order valence-electron chi connectivity index (χ4n) is 7.74. The van der Waals surface area contributed by atoms with E-state index in [1.807, 2.05) is 49.3 Å². The molecule has 0 atom stereocenters. The number of aromatic nitrogens is 3. The number of ketones is 1. The average Bonchev–Trinajstić information content (AvgIpc) is 3.69. The second-order valence-corrected chi connectivity index (χ2v) is 13.7. The largest absolute Gasteiger partial charge is 0.486 e. The van der Waals surface area contributed by atoms with Crippen LogP contribution in [0.3, 0.4) is 0 Å². The molecule has 47 heavy (non-hydrogen) atoms. The minimum Gasteiger partial charge on any atom is -0.486 e. The molecular formula is C37H41N5O5. The predicted octanol–water partition coefficient (Wildman–Crippen LogP) is 5.80. The van der Waals surface area contributed by atoms with Gasteiger partial charge in [0.2, 0.25) is 0 Å². The van der Waals surface area contributed by atoms with Gasteiger partial charge in [-0.1, -0.05) is 6.07 Å². The fourth-order valence-corrected chi connectivity index (χ4v) is 7.74. The molecule has 8 rings (SSSR count). The summed E-state index contributed by atoms with van der Waals surface area (Å²) in [5.74, 6) is 0.533. The molecular weight excluding hydrogens is 594 g/mol. The number of likely N-dealkylation sites (tertiary alicyclic amines) is 1. The zero-order valence-corrected chi connectivity index (χ0v) is 27.1. The highest BCUT2D eigenvalue weighted by atomic mass is 16.5. The van der Waals surface area contributed by atoms with Gasteiger partial charge in [-0.3, -0.25) is 19.1 Å². The van der Waals surface area contributed by atoms with Crippen LogP contribution in [0.1, 0.15) is 78.6 Å². The summed E-state index contributed by atoms with van der Waals surface area (Å²) in [7, 11) is 1.87. The van der Waals surface area contributed by atoms with Crippen molar-refractivity contribution in [1.82, 2.24) is 19.2 Å². The molecule has 0 bridgehead atoms. The molecule has 1 spiro atoms. The number of anilines is 1. The molecule has 0 N–H and O–H groups in total. The quantitative estimate of drug-likeness (QED) is 0.247. The highest BCUT2D eigenvalue weighted by Crippen LogP contribution is 2.43. The third-order valence-corrected chi connectivity index (χ3v) is 10.5. The number of hydrogen-bond donors (Lipinski definition) is 0. The van der Waals surface area contributed by atoms with E-state index in [2.05, 4.69) is 32.9 Å². The van der Waals surface area contributed by atoms with Crippen molar-refractivity contribution in [2.45, 2.75) is 63.5 Å². The van der Waals surface area contributed by atoms with E-state index in [1.165, 1.54) is 0 Å². The molecule has 4 aromatic rings. The fraction of sp³-hybridized carbons (Fsp3) is 0.459. The zero-order valence-electron chi connectivity index (χ0n) is 27.1. The van der Waals surface area contributed by atoms with Crippen molar-refractivity contribution < 1.29 is 23.9 Å². The smallest absolute Gasteiger partial charge is 0.309 e. The van der Waals surface area contributed by atoms with Gasteiger partial charge in [0.15, 0.2) is 5.78 Å². The van der Waals surface area contributed by atoms with Gasteiger partial charge in [-0.05, 0) is 68.5 Å². The second-order valence-electron chi connectivity index (χ2n) is 13.7. The number of carbonyl (C=O) groups excluding carboxylic acids is 3. The molecule has 1 amide bonds. The number of piperidine rings is 2. The van der Waals surface area contributed by atoms with E-state index in [1.54, 1.807) is 10.9 Å². The van der Waals surface area contributed by atoms with Gasteiger partial charge in [-0.15, -0.1) is 0 Å². The van der Waals surface area contributed by atoms with E-state index in [0.717, 1.165) is 66.5 Å². The number of ether oxygens (including phenoxy) is 2. The number of Topliss-reactive ketones (excluding diaryl/α,β-unsaturated/α-hetero) is 1. The van der Waals surface area contributed by atoms with Crippen molar-refractivity contribution in [2.75, 3.05) is 37.7 Å².